The van der Waals surface area contributed by atoms with Gasteiger partial charge >= 0.3 is 155 Å². The fourth-order valence-corrected chi connectivity index (χ4v) is 10.5. The van der Waals surface area contributed by atoms with Crippen molar-refractivity contribution < 1.29 is 9.79 Å². The summed E-state index contributed by atoms with van der Waals surface area (Å²) >= 11 is 6.55. The maximum absolute atomic E-state index is 11.7. The van der Waals surface area contributed by atoms with Crippen molar-refractivity contribution in [2.75, 3.05) is 12.3 Å². The van der Waals surface area contributed by atoms with Crippen LogP contribution in [0.25, 0.3) is 0 Å². The summed E-state index contributed by atoms with van der Waals surface area (Å²) in [5.74, 6) is 0. The number of hydrogen-bond acceptors (Lipinski definition) is 2. The molecule has 5 heteroatoms. The molecule has 0 aromatic heterocycles. The third-order valence-corrected chi connectivity index (χ3v) is 11.9. The molecule has 0 atom stereocenters. The fourth-order valence-electron chi connectivity index (χ4n) is 3.07. The van der Waals surface area contributed by atoms with E-state index in [1.807, 2.05) is 91.0 Å². The van der Waals surface area contributed by atoms with Crippen LogP contribution in [0.1, 0.15) is 0 Å². The number of halogens is 1. The first-order chi connectivity index (χ1) is 12.0. The molecule has 0 bridgehead atoms. The molecule has 132 valence electrons. The fraction of sp³-hybridized carbons (Fsp3) is 0.100. The summed E-state index contributed by atoms with van der Waals surface area (Å²) in [6, 6.07) is 28.9. The summed E-state index contributed by atoms with van der Waals surface area (Å²) in [4.78, 5) is 22.5. The molecule has 0 radical (unpaired) electrons. The third kappa shape index (κ3) is 4.29. The van der Waals surface area contributed by atoms with Crippen molar-refractivity contribution in [2.45, 2.75) is 0 Å². The van der Waals surface area contributed by atoms with E-state index < -0.39 is 14.3 Å². The van der Waals surface area contributed by atoms with Crippen molar-refractivity contribution in [3.05, 3.63) is 91.0 Å². The van der Waals surface area contributed by atoms with Gasteiger partial charge in [0.05, 0.1) is 0 Å². The van der Waals surface area contributed by atoms with Crippen molar-refractivity contribution in [1.29, 1.82) is 0 Å². The topological polar surface area (TPSA) is 40.5 Å². The number of hydrogen-bond donors (Lipinski definition) is 2. The van der Waals surface area contributed by atoms with Crippen LogP contribution in [-0.2, 0) is 0 Å². The molecule has 3 aromatic rings. The van der Waals surface area contributed by atoms with Crippen LogP contribution in [0.3, 0.4) is 0 Å². The summed E-state index contributed by atoms with van der Waals surface area (Å²) in [7, 11) is -2.95. The van der Waals surface area contributed by atoms with Crippen molar-refractivity contribution in [2.24, 2.45) is 0 Å². The zero-order valence-electron chi connectivity index (χ0n) is 13.8. The SMILES string of the molecule is O[PH](Cl)(CC[PH](O)(c1ccccc1)c1ccccc1)c1ccccc1. The van der Waals surface area contributed by atoms with Crippen LogP contribution in [-0.4, -0.2) is 22.1 Å². The molecule has 25 heavy (non-hydrogen) atoms. The molecule has 0 aliphatic carbocycles. The minimum atomic E-state index is -3.11. The van der Waals surface area contributed by atoms with E-state index in [1.54, 1.807) is 0 Å². The van der Waals surface area contributed by atoms with Gasteiger partial charge in [0.2, 0.25) is 0 Å². The molecule has 0 spiro atoms. The Morgan fingerprint density at radius 1 is 0.560 bits per heavy atom. The van der Waals surface area contributed by atoms with Gasteiger partial charge in [-0.05, 0) is 0 Å². The molecule has 0 aliphatic rings. The molecule has 2 N–H and O–H groups in total. The Kier molecular flexibility index (Phi) is 5.89. The summed E-state index contributed by atoms with van der Waals surface area (Å²) in [6.45, 7) is -3.11. The van der Waals surface area contributed by atoms with Crippen LogP contribution in [0.5, 0.6) is 0 Å². The van der Waals surface area contributed by atoms with Gasteiger partial charge in [0, 0.05) is 0 Å². The quantitative estimate of drug-likeness (QED) is 0.631. The van der Waals surface area contributed by atoms with E-state index in [-0.39, 0.29) is 0 Å². The molecule has 2 nitrogen and oxygen atoms in total. The summed E-state index contributed by atoms with van der Waals surface area (Å²) in [5.41, 5.74) is 0. The minimum absolute atomic E-state index is 0.408. The Labute approximate surface area is 154 Å². The Bertz CT molecular complexity index is 756. The molecule has 0 fully saturated rings. The van der Waals surface area contributed by atoms with E-state index >= 15 is 0 Å². The van der Waals surface area contributed by atoms with Crippen molar-refractivity contribution in [1.82, 2.24) is 0 Å². The van der Waals surface area contributed by atoms with Gasteiger partial charge in [-0.1, -0.05) is 0 Å². The van der Waals surface area contributed by atoms with Crippen LogP contribution in [0.4, 0.5) is 0 Å². The molecule has 0 amide bonds. The van der Waals surface area contributed by atoms with Crippen molar-refractivity contribution in [3.63, 3.8) is 0 Å². The zero-order valence-corrected chi connectivity index (χ0v) is 16.6. The van der Waals surface area contributed by atoms with Gasteiger partial charge in [0.1, 0.15) is 0 Å². The third-order valence-electron chi connectivity index (χ3n) is 4.54. The predicted molar refractivity (Wildman–Crippen MR) is 115 cm³/mol. The second-order valence-corrected chi connectivity index (χ2v) is 14.1. The van der Waals surface area contributed by atoms with Gasteiger partial charge in [-0.15, -0.1) is 0 Å². The summed E-state index contributed by atoms with van der Waals surface area (Å²) < 4.78 is 0. The zero-order chi connectivity index (χ0) is 17.8. The maximum atomic E-state index is 11.7. The molecule has 0 unspecified atom stereocenters. The van der Waals surface area contributed by atoms with E-state index in [2.05, 4.69) is 0 Å². The van der Waals surface area contributed by atoms with Crippen LogP contribution in [0.2, 0.25) is 0 Å². The normalized spacial score (nSPS) is 13.4. The van der Waals surface area contributed by atoms with E-state index in [1.165, 1.54) is 0 Å². The summed E-state index contributed by atoms with van der Waals surface area (Å²) in [6.07, 6.45) is 0.896. The second kappa shape index (κ2) is 7.96. The molecular formula is C20H23ClO2P2. The first kappa shape index (κ1) is 18.5. The van der Waals surface area contributed by atoms with E-state index in [4.69, 9.17) is 11.2 Å². The van der Waals surface area contributed by atoms with E-state index in [0.717, 1.165) is 15.9 Å². The summed E-state index contributed by atoms with van der Waals surface area (Å²) in [5, 5.41) is 2.67. The van der Waals surface area contributed by atoms with Gasteiger partial charge < -0.3 is 0 Å². The molecule has 0 saturated carbocycles. The van der Waals surface area contributed by atoms with Crippen LogP contribution in [0.15, 0.2) is 91.0 Å². The van der Waals surface area contributed by atoms with Gasteiger partial charge in [-0.2, -0.15) is 0 Å². The van der Waals surface area contributed by atoms with Gasteiger partial charge in [0.25, 0.3) is 0 Å². The molecule has 0 saturated heterocycles. The molecular weight excluding hydrogens is 370 g/mol. The van der Waals surface area contributed by atoms with Crippen molar-refractivity contribution in [3.8, 4) is 0 Å². The van der Waals surface area contributed by atoms with Crippen LogP contribution in [0, 0.1) is 0 Å². The van der Waals surface area contributed by atoms with Gasteiger partial charge in [-0.25, -0.2) is 0 Å². The van der Waals surface area contributed by atoms with Crippen LogP contribution >= 0.6 is 25.6 Å². The van der Waals surface area contributed by atoms with E-state index in [9.17, 15) is 9.79 Å². The van der Waals surface area contributed by atoms with Crippen LogP contribution < -0.4 is 15.9 Å². The Balaban J connectivity index is 1.92. The average Bonchev–Trinajstić information content (AvgIpc) is 2.68. The van der Waals surface area contributed by atoms with Gasteiger partial charge in [-0.3, -0.25) is 0 Å². The Hall–Kier alpha value is -1.27. The Morgan fingerprint density at radius 2 is 0.920 bits per heavy atom. The van der Waals surface area contributed by atoms with Gasteiger partial charge in [0.15, 0.2) is 0 Å². The standard InChI is InChI=1S/C20H23ClO2P2/c21-25(23,20-14-8-3-9-15-20)17-16-24(22,18-10-4-1-5-11-18)19-12-6-2-7-13-19/h1-15,22-25H,16-17H2. The number of rotatable bonds is 6. The second-order valence-electron chi connectivity index (χ2n) is 6.22. The monoisotopic (exact) mass is 392 g/mol. The Morgan fingerprint density at radius 3 is 1.32 bits per heavy atom. The first-order valence-corrected chi connectivity index (χ1v) is 13.6. The molecule has 3 rings (SSSR count). The predicted octanol–water partition coefficient (Wildman–Crippen LogP) is 3.43. The molecule has 3 aromatic carbocycles. The van der Waals surface area contributed by atoms with Crippen molar-refractivity contribution >= 4 is 41.5 Å². The number of benzene rings is 3. The first-order valence-electron chi connectivity index (χ1n) is 8.33. The average molecular weight is 393 g/mol. The van der Waals surface area contributed by atoms with E-state index in [0.29, 0.717) is 12.3 Å². The molecule has 0 heterocycles. The molecule has 0 aliphatic heterocycles.